The van der Waals surface area contributed by atoms with E-state index >= 15 is 0 Å². The van der Waals surface area contributed by atoms with Crippen LogP contribution in [0.5, 0.6) is 0 Å². The van der Waals surface area contributed by atoms with Gasteiger partial charge in [0.1, 0.15) is 18.2 Å². The van der Waals surface area contributed by atoms with Crippen LogP contribution in [0.3, 0.4) is 0 Å². The van der Waals surface area contributed by atoms with Crippen LogP contribution in [-0.2, 0) is 17.9 Å². The predicted octanol–water partition coefficient (Wildman–Crippen LogP) is 0.676. The topological polar surface area (TPSA) is 105 Å². The Morgan fingerprint density at radius 3 is 2.46 bits per heavy atom. The SMILES string of the molecule is CNC(=O)C(NC(=O)c1nc(-c2cncnc2)n2c1CN(C)CC2)C(C)(C)C. The van der Waals surface area contributed by atoms with Crippen LogP contribution in [0, 0.1) is 5.41 Å². The number of amides is 2. The molecule has 0 saturated heterocycles. The van der Waals surface area contributed by atoms with Crippen molar-refractivity contribution in [2.75, 3.05) is 20.6 Å². The molecule has 2 amide bonds. The number of rotatable bonds is 4. The summed E-state index contributed by atoms with van der Waals surface area (Å²) in [5, 5.41) is 5.50. The Morgan fingerprint density at radius 1 is 1.18 bits per heavy atom. The van der Waals surface area contributed by atoms with Crippen molar-refractivity contribution in [2.45, 2.75) is 39.9 Å². The lowest BCUT2D eigenvalue weighted by Crippen LogP contribution is -2.53. The van der Waals surface area contributed by atoms with E-state index in [0.29, 0.717) is 24.6 Å². The number of nitrogens with one attached hydrogen (secondary N) is 2. The van der Waals surface area contributed by atoms with Crippen molar-refractivity contribution in [3.63, 3.8) is 0 Å². The molecule has 3 heterocycles. The summed E-state index contributed by atoms with van der Waals surface area (Å²) < 4.78 is 2.04. The third-order valence-electron chi connectivity index (χ3n) is 4.88. The summed E-state index contributed by atoms with van der Waals surface area (Å²) in [5.41, 5.74) is 1.48. The number of fused-ring (bicyclic) bond motifs is 1. The van der Waals surface area contributed by atoms with Crippen molar-refractivity contribution in [1.82, 2.24) is 35.1 Å². The zero-order valence-electron chi connectivity index (χ0n) is 17.0. The highest BCUT2D eigenvalue weighted by atomic mass is 16.2. The zero-order valence-corrected chi connectivity index (χ0v) is 17.0. The van der Waals surface area contributed by atoms with Crippen molar-refractivity contribution in [1.29, 1.82) is 0 Å². The average molecular weight is 385 g/mol. The molecule has 0 radical (unpaired) electrons. The minimum atomic E-state index is -0.674. The van der Waals surface area contributed by atoms with Crippen molar-refractivity contribution in [2.24, 2.45) is 5.41 Å². The summed E-state index contributed by atoms with van der Waals surface area (Å²) in [7, 11) is 3.57. The fraction of sp³-hybridized carbons (Fsp3) is 0.526. The van der Waals surface area contributed by atoms with E-state index in [0.717, 1.165) is 17.8 Å². The molecule has 2 aromatic rings. The maximum absolute atomic E-state index is 13.1. The van der Waals surface area contributed by atoms with E-state index in [1.807, 2.05) is 32.4 Å². The van der Waals surface area contributed by atoms with Crippen LogP contribution in [0.1, 0.15) is 37.0 Å². The highest BCUT2D eigenvalue weighted by Crippen LogP contribution is 2.26. The Labute approximate surface area is 164 Å². The second-order valence-electron chi connectivity index (χ2n) is 8.13. The molecule has 9 nitrogen and oxygen atoms in total. The molecule has 0 spiro atoms. The molecule has 1 aliphatic rings. The van der Waals surface area contributed by atoms with E-state index in [1.54, 1.807) is 19.4 Å². The zero-order chi connectivity index (χ0) is 20.5. The van der Waals surface area contributed by atoms with Gasteiger partial charge in [-0.3, -0.25) is 14.5 Å². The van der Waals surface area contributed by atoms with Crippen LogP contribution in [-0.4, -0.2) is 62.9 Å². The van der Waals surface area contributed by atoms with Crippen LogP contribution in [0.25, 0.3) is 11.4 Å². The summed E-state index contributed by atoms with van der Waals surface area (Å²) in [4.78, 5) is 40.3. The van der Waals surface area contributed by atoms with Crippen molar-refractivity contribution in [3.05, 3.63) is 30.1 Å². The van der Waals surface area contributed by atoms with E-state index in [2.05, 4.69) is 30.5 Å². The first-order valence-corrected chi connectivity index (χ1v) is 9.28. The Balaban J connectivity index is 2.00. The number of carbonyl (C=O) groups is 2. The summed E-state index contributed by atoms with van der Waals surface area (Å²) >= 11 is 0. The molecule has 9 heteroatoms. The number of hydrogen-bond donors (Lipinski definition) is 2. The van der Waals surface area contributed by atoms with E-state index in [1.165, 1.54) is 6.33 Å². The van der Waals surface area contributed by atoms with Crippen LogP contribution in [0.15, 0.2) is 18.7 Å². The van der Waals surface area contributed by atoms with E-state index in [-0.39, 0.29) is 11.8 Å². The molecular formula is C19H27N7O2. The smallest absolute Gasteiger partial charge is 0.272 e. The Morgan fingerprint density at radius 2 is 1.86 bits per heavy atom. The summed E-state index contributed by atoms with van der Waals surface area (Å²) in [6.45, 7) is 7.91. The minimum Gasteiger partial charge on any atom is -0.357 e. The first-order chi connectivity index (χ1) is 13.2. The monoisotopic (exact) mass is 385 g/mol. The minimum absolute atomic E-state index is 0.234. The van der Waals surface area contributed by atoms with Gasteiger partial charge in [0.2, 0.25) is 5.91 Å². The van der Waals surface area contributed by atoms with Crippen LogP contribution >= 0.6 is 0 Å². The highest BCUT2D eigenvalue weighted by molar-refractivity contribution is 5.97. The molecule has 3 rings (SSSR count). The van der Waals surface area contributed by atoms with E-state index in [4.69, 9.17) is 0 Å². The van der Waals surface area contributed by atoms with Gasteiger partial charge in [-0.25, -0.2) is 15.0 Å². The largest absolute Gasteiger partial charge is 0.357 e. The number of imidazole rings is 1. The van der Waals surface area contributed by atoms with Gasteiger partial charge >= 0.3 is 0 Å². The normalized spacial score (nSPS) is 15.6. The van der Waals surface area contributed by atoms with Crippen LogP contribution in [0.2, 0.25) is 0 Å². The van der Waals surface area contributed by atoms with Gasteiger partial charge in [-0.1, -0.05) is 20.8 Å². The molecule has 2 N–H and O–H groups in total. The molecule has 0 fully saturated rings. The van der Waals surface area contributed by atoms with Gasteiger partial charge in [-0.15, -0.1) is 0 Å². The van der Waals surface area contributed by atoms with Gasteiger partial charge in [0, 0.05) is 39.1 Å². The molecule has 0 aromatic carbocycles. The standard InChI is InChI=1S/C19H27N7O2/c1-19(2,3)15(18(28)20-4)24-17(27)14-13-10-25(5)6-7-26(13)16(23-14)12-8-21-11-22-9-12/h8-9,11,15H,6-7,10H2,1-5H3,(H,20,28)(H,24,27). The number of likely N-dealkylation sites (N-methyl/N-ethyl adjacent to an activating group) is 2. The summed E-state index contributed by atoms with van der Waals surface area (Å²) in [6, 6.07) is -0.674. The lowest BCUT2D eigenvalue weighted by molar-refractivity contribution is -0.124. The van der Waals surface area contributed by atoms with Crippen LogP contribution in [0.4, 0.5) is 0 Å². The molecule has 1 atom stereocenters. The van der Waals surface area contributed by atoms with Gasteiger partial charge < -0.3 is 15.2 Å². The van der Waals surface area contributed by atoms with Gasteiger partial charge in [-0.2, -0.15) is 0 Å². The number of nitrogens with zero attached hydrogens (tertiary/aromatic N) is 5. The predicted molar refractivity (Wildman–Crippen MR) is 104 cm³/mol. The molecule has 2 aromatic heterocycles. The highest BCUT2D eigenvalue weighted by Gasteiger charge is 2.35. The maximum atomic E-state index is 13.1. The summed E-state index contributed by atoms with van der Waals surface area (Å²) in [6.07, 6.45) is 4.83. The third kappa shape index (κ3) is 3.89. The van der Waals surface area contributed by atoms with Gasteiger partial charge in [0.25, 0.3) is 5.91 Å². The lowest BCUT2D eigenvalue weighted by atomic mass is 9.86. The third-order valence-corrected chi connectivity index (χ3v) is 4.88. The maximum Gasteiger partial charge on any atom is 0.272 e. The second-order valence-corrected chi connectivity index (χ2v) is 8.13. The van der Waals surface area contributed by atoms with Gasteiger partial charge in [0.15, 0.2) is 5.69 Å². The quantitative estimate of drug-likeness (QED) is 0.802. The molecule has 1 unspecified atom stereocenters. The van der Waals surface area contributed by atoms with Crippen molar-refractivity contribution >= 4 is 11.8 Å². The number of carbonyl (C=O) groups excluding carboxylic acids is 2. The molecule has 150 valence electrons. The lowest BCUT2D eigenvalue weighted by Gasteiger charge is -2.30. The van der Waals surface area contributed by atoms with Crippen molar-refractivity contribution in [3.8, 4) is 11.4 Å². The fourth-order valence-electron chi connectivity index (χ4n) is 3.33. The number of hydrogen-bond acceptors (Lipinski definition) is 6. The van der Waals surface area contributed by atoms with Crippen molar-refractivity contribution < 1.29 is 9.59 Å². The molecular weight excluding hydrogens is 358 g/mol. The first-order valence-electron chi connectivity index (χ1n) is 9.28. The van der Waals surface area contributed by atoms with Gasteiger partial charge in [0.05, 0.1) is 11.3 Å². The average Bonchev–Trinajstić information content (AvgIpc) is 3.03. The van der Waals surface area contributed by atoms with Gasteiger partial charge in [-0.05, 0) is 12.5 Å². The summed E-state index contributed by atoms with van der Waals surface area (Å²) in [5.74, 6) is 0.0782. The van der Waals surface area contributed by atoms with E-state index in [9.17, 15) is 9.59 Å². The van der Waals surface area contributed by atoms with Crippen LogP contribution < -0.4 is 10.6 Å². The molecule has 28 heavy (non-hydrogen) atoms. The molecule has 0 bridgehead atoms. The fourth-order valence-corrected chi connectivity index (χ4v) is 3.33. The Bertz CT molecular complexity index is 870. The second kappa shape index (κ2) is 7.67. The van der Waals surface area contributed by atoms with E-state index < -0.39 is 11.5 Å². The molecule has 0 aliphatic carbocycles. The Kier molecular flexibility index (Phi) is 5.46. The first kappa shape index (κ1) is 19.9. The molecule has 0 saturated carbocycles. The Hall–Kier alpha value is -2.81. The number of aromatic nitrogens is 4. The molecule has 1 aliphatic heterocycles.